The number of aromatic amines is 1. The number of hydrogen-bond acceptors (Lipinski definition) is 3. The average Bonchev–Trinajstić information content (AvgIpc) is 2.61. The number of hydrogen-bond donors (Lipinski definition) is 1. The highest BCUT2D eigenvalue weighted by molar-refractivity contribution is 5.85. The summed E-state index contributed by atoms with van der Waals surface area (Å²) < 4.78 is 10.4. The summed E-state index contributed by atoms with van der Waals surface area (Å²) in [5.41, 5.74) is -0.114. The van der Waals surface area contributed by atoms with Gasteiger partial charge in [-0.25, -0.2) is 0 Å². The van der Waals surface area contributed by atoms with Crippen LogP contribution in [0, 0.1) is 0 Å². The molecule has 2 heterocycles. The molecule has 0 radical (unpaired) electrons. The second kappa shape index (κ2) is 2.51. The van der Waals surface area contributed by atoms with Crippen molar-refractivity contribution in [3.8, 4) is 11.5 Å². The van der Waals surface area contributed by atoms with Crippen molar-refractivity contribution in [3.05, 3.63) is 34.7 Å². The Kier molecular flexibility index (Phi) is 1.33. The van der Waals surface area contributed by atoms with Crippen LogP contribution in [0.4, 0.5) is 0 Å². The van der Waals surface area contributed by atoms with Crippen molar-refractivity contribution in [2.45, 2.75) is 0 Å². The van der Waals surface area contributed by atoms with Gasteiger partial charge < -0.3 is 14.5 Å². The average molecular weight is 189 g/mol. The van der Waals surface area contributed by atoms with Gasteiger partial charge in [0.2, 0.25) is 12.4 Å². The lowest BCUT2D eigenvalue weighted by Crippen LogP contribution is -2.01. The fourth-order valence-corrected chi connectivity index (χ4v) is 1.56. The number of ether oxygens (including phenoxy) is 2. The van der Waals surface area contributed by atoms with E-state index in [1.54, 1.807) is 6.20 Å². The highest BCUT2D eigenvalue weighted by atomic mass is 16.7. The van der Waals surface area contributed by atoms with Gasteiger partial charge in [-0.15, -0.1) is 0 Å². The molecule has 1 N–H and O–H groups in total. The number of benzene rings is 1. The van der Waals surface area contributed by atoms with Gasteiger partial charge in [0.05, 0.1) is 0 Å². The summed E-state index contributed by atoms with van der Waals surface area (Å²) in [4.78, 5) is 13.7. The lowest BCUT2D eigenvalue weighted by atomic mass is 10.1. The minimum atomic E-state index is -0.114. The first-order chi connectivity index (χ1) is 6.83. The molecule has 3 rings (SSSR count). The number of nitrogens with one attached hydrogen (secondary N) is 1. The first-order valence-electron chi connectivity index (χ1n) is 4.25. The smallest absolute Gasteiger partial charge is 0.248 e. The van der Waals surface area contributed by atoms with Gasteiger partial charge in [-0.3, -0.25) is 4.79 Å². The van der Waals surface area contributed by atoms with Crippen LogP contribution in [-0.2, 0) is 0 Å². The van der Waals surface area contributed by atoms with Crippen molar-refractivity contribution in [3.63, 3.8) is 0 Å². The second-order valence-corrected chi connectivity index (χ2v) is 3.13. The first kappa shape index (κ1) is 7.44. The van der Waals surface area contributed by atoms with Crippen molar-refractivity contribution in [1.82, 2.24) is 4.98 Å². The molecule has 14 heavy (non-hydrogen) atoms. The molecule has 0 amide bonds. The summed E-state index contributed by atoms with van der Waals surface area (Å²) in [6, 6.07) is 5.21. The molecule has 1 aliphatic heterocycles. The zero-order valence-corrected chi connectivity index (χ0v) is 7.24. The van der Waals surface area contributed by atoms with Gasteiger partial charge in [0.1, 0.15) is 0 Å². The van der Waals surface area contributed by atoms with Crippen LogP contribution in [-0.4, -0.2) is 11.8 Å². The van der Waals surface area contributed by atoms with E-state index in [0.29, 0.717) is 5.75 Å². The minimum Gasteiger partial charge on any atom is -0.454 e. The van der Waals surface area contributed by atoms with Gasteiger partial charge in [-0.2, -0.15) is 0 Å². The standard InChI is InChI=1S/C10H7NO3/c12-10-3-6-1-8-9(14-5-13-8)2-7(6)4-11-10/h1-4H,5H2,(H,11,12). The molecule has 0 spiro atoms. The van der Waals surface area contributed by atoms with E-state index >= 15 is 0 Å². The quantitative estimate of drug-likeness (QED) is 0.678. The van der Waals surface area contributed by atoms with E-state index in [1.165, 1.54) is 6.07 Å². The molecule has 2 aromatic rings. The van der Waals surface area contributed by atoms with Gasteiger partial charge in [0.25, 0.3) is 0 Å². The Morgan fingerprint density at radius 3 is 2.57 bits per heavy atom. The lowest BCUT2D eigenvalue weighted by molar-refractivity contribution is 0.174. The summed E-state index contributed by atoms with van der Waals surface area (Å²) in [5, 5.41) is 1.80. The first-order valence-corrected chi connectivity index (χ1v) is 4.25. The molecule has 1 aliphatic rings. The molecule has 1 aromatic carbocycles. The second-order valence-electron chi connectivity index (χ2n) is 3.13. The largest absolute Gasteiger partial charge is 0.454 e. The van der Waals surface area contributed by atoms with Crippen molar-refractivity contribution < 1.29 is 9.47 Å². The Balaban J connectivity index is 2.39. The van der Waals surface area contributed by atoms with Gasteiger partial charge in [0.15, 0.2) is 11.5 Å². The molecule has 0 saturated heterocycles. The van der Waals surface area contributed by atoms with Crippen LogP contribution in [0.1, 0.15) is 0 Å². The third-order valence-corrected chi connectivity index (χ3v) is 2.23. The van der Waals surface area contributed by atoms with Crippen LogP contribution >= 0.6 is 0 Å². The van der Waals surface area contributed by atoms with Gasteiger partial charge in [-0.1, -0.05) is 0 Å². The Morgan fingerprint density at radius 2 is 1.79 bits per heavy atom. The Labute approximate surface area is 79.1 Å². The molecule has 1 aromatic heterocycles. The maximum atomic E-state index is 11.1. The summed E-state index contributed by atoms with van der Waals surface area (Å²) in [6.45, 7) is 0.250. The molecule has 0 saturated carbocycles. The van der Waals surface area contributed by atoms with Gasteiger partial charge >= 0.3 is 0 Å². The summed E-state index contributed by atoms with van der Waals surface area (Å²) in [6.07, 6.45) is 1.67. The third kappa shape index (κ3) is 0.970. The van der Waals surface area contributed by atoms with E-state index < -0.39 is 0 Å². The molecule has 0 fully saturated rings. The summed E-state index contributed by atoms with van der Waals surface area (Å²) in [5.74, 6) is 1.42. The van der Waals surface area contributed by atoms with Gasteiger partial charge in [0, 0.05) is 17.6 Å². The van der Waals surface area contributed by atoms with E-state index in [9.17, 15) is 4.79 Å². The summed E-state index contributed by atoms with van der Waals surface area (Å²) in [7, 11) is 0. The van der Waals surface area contributed by atoms with Crippen LogP contribution < -0.4 is 15.0 Å². The minimum absolute atomic E-state index is 0.114. The van der Waals surface area contributed by atoms with E-state index in [4.69, 9.17) is 9.47 Å². The van der Waals surface area contributed by atoms with E-state index in [2.05, 4.69) is 4.98 Å². The summed E-state index contributed by atoms with van der Waals surface area (Å²) >= 11 is 0. The SMILES string of the molecule is O=c1cc2cc3c(cc2c[nH]1)OCO3. The van der Waals surface area contributed by atoms with Crippen molar-refractivity contribution in [2.75, 3.05) is 6.79 Å². The molecule has 0 bridgehead atoms. The number of H-pyrrole nitrogens is 1. The highest BCUT2D eigenvalue weighted by Crippen LogP contribution is 2.35. The van der Waals surface area contributed by atoms with E-state index in [1.807, 2.05) is 12.1 Å². The Morgan fingerprint density at radius 1 is 1.07 bits per heavy atom. The van der Waals surface area contributed by atoms with Crippen molar-refractivity contribution in [1.29, 1.82) is 0 Å². The fourth-order valence-electron chi connectivity index (χ4n) is 1.56. The molecular formula is C10H7NO3. The van der Waals surface area contributed by atoms with Crippen LogP contribution in [0.15, 0.2) is 29.2 Å². The van der Waals surface area contributed by atoms with Crippen LogP contribution in [0.3, 0.4) is 0 Å². The van der Waals surface area contributed by atoms with Crippen molar-refractivity contribution >= 4 is 10.8 Å². The Bertz CT molecular complexity index is 559. The highest BCUT2D eigenvalue weighted by Gasteiger charge is 2.13. The number of aromatic nitrogens is 1. The van der Waals surface area contributed by atoms with Gasteiger partial charge in [-0.05, 0) is 17.5 Å². The van der Waals surface area contributed by atoms with Crippen LogP contribution in [0.25, 0.3) is 10.8 Å². The van der Waals surface area contributed by atoms with Crippen LogP contribution in [0.5, 0.6) is 11.5 Å². The zero-order valence-electron chi connectivity index (χ0n) is 7.24. The van der Waals surface area contributed by atoms with Crippen molar-refractivity contribution in [2.24, 2.45) is 0 Å². The molecular weight excluding hydrogens is 182 g/mol. The molecule has 4 heteroatoms. The molecule has 0 aliphatic carbocycles. The Hall–Kier alpha value is -1.97. The number of fused-ring (bicyclic) bond motifs is 2. The topological polar surface area (TPSA) is 51.3 Å². The number of rotatable bonds is 0. The maximum absolute atomic E-state index is 11.1. The lowest BCUT2D eigenvalue weighted by Gasteiger charge is -1.99. The molecule has 4 nitrogen and oxygen atoms in total. The van der Waals surface area contributed by atoms with Crippen LogP contribution in [0.2, 0.25) is 0 Å². The maximum Gasteiger partial charge on any atom is 0.248 e. The normalized spacial score (nSPS) is 13.4. The van der Waals surface area contributed by atoms with E-state index in [0.717, 1.165) is 16.5 Å². The molecule has 0 atom stereocenters. The predicted molar refractivity (Wildman–Crippen MR) is 50.7 cm³/mol. The third-order valence-electron chi connectivity index (χ3n) is 2.23. The zero-order chi connectivity index (χ0) is 9.54. The monoisotopic (exact) mass is 189 g/mol. The number of pyridine rings is 1. The molecule has 0 unspecified atom stereocenters. The molecule has 70 valence electrons. The fraction of sp³-hybridized carbons (Fsp3) is 0.100. The van der Waals surface area contributed by atoms with E-state index in [-0.39, 0.29) is 12.4 Å². The predicted octanol–water partition coefficient (Wildman–Crippen LogP) is 1.26.